The number of nitrogens with zero attached hydrogens (tertiary/aromatic N) is 3. The minimum absolute atomic E-state index is 0.0926. The third kappa shape index (κ3) is 5.56. The minimum Gasteiger partial charge on any atom is -0.489 e. The summed E-state index contributed by atoms with van der Waals surface area (Å²) in [6.07, 6.45) is 3.75. The van der Waals surface area contributed by atoms with Crippen molar-refractivity contribution in [2.24, 2.45) is 0 Å². The van der Waals surface area contributed by atoms with Gasteiger partial charge in [-0.25, -0.2) is 4.39 Å². The van der Waals surface area contributed by atoms with Crippen molar-refractivity contribution in [3.63, 3.8) is 0 Å². The van der Waals surface area contributed by atoms with Gasteiger partial charge in [0, 0.05) is 43.6 Å². The number of benzene rings is 2. The van der Waals surface area contributed by atoms with Crippen molar-refractivity contribution in [1.29, 1.82) is 0 Å². The molecule has 1 aliphatic heterocycles. The van der Waals surface area contributed by atoms with Gasteiger partial charge in [0.25, 0.3) is 5.56 Å². The van der Waals surface area contributed by atoms with Gasteiger partial charge in [-0.1, -0.05) is 24.3 Å². The molecule has 1 aliphatic rings. The molecule has 0 radical (unpaired) electrons. The molecule has 0 spiro atoms. The third-order valence-corrected chi connectivity index (χ3v) is 6.12. The van der Waals surface area contributed by atoms with Crippen molar-refractivity contribution in [2.45, 2.75) is 32.0 Å². The van der Waals surface area contributed by atoms with E-state index in [-0.39, 0.29) is 11.4 Å². The normalized spacial score (nSPS) is 16.0. The average Bonchev–Trinajstić information content (AvgIpc) is 3.29. The van der Waals surface area contributed by atoms with Gasteiger partial charge in [0.2, 0.25) is 0 Å². The van der Waals surface area contributed by atoms with Gasteiger partial charge in [-0.05, 0) is 68.4 Å². The number of aryl methyl sites for hydroxylation is 2. The number of anilines is 1. The van der Waals surface area contributed by atoms with Gasteiger partial charge in [-0.15, -0.1) is 0 Å². The summed E-state index contributed by atoms with van der Waals surface area (Å²) in [4.78, 5) is 17.2. The molecule has 0 amide bonds. The lowest BCUT2D eigenvalue weighted by Gasteiger charge is -2.22. The molecule has 32 heavy (non-hydrogen) atoms. The highest BCUT2D eigenvalue weighted by Crippen LogP contribution is 2.22. The number of pyridine rings is 1. The van der Waals surface area contributed by atoms with Gasteiger partial charge in [0.15, 0.2) is 0 Å². The van der Waals surface area contributed by atoms with Crippen LogP contribution in [0.3, 0.4) is 0 Å². The summed E-state index contributed by atoms with van der Waals surface area (Å²) in [5.41, 5.74) is 3.23. The Kier molecular flexibility index (Phi) is 6.90. The van der Waals surface area contributed by atoms with Gasteiger partial charge >= 0.3 is 0 Å². The second kappa shape index (κ2) is 10.0. The smallest absolute Gasteiger partial charge is 0.254 e. The molecule has 4 rings (SSSR count). The van der Waals surface area contributed by atoms with Gasteiger partial charge < -0.3 is 19.1 Å². The first-order chi connectivity index (χ1) is 15.5. The van der Waals surface area contributed by atoms with Crippen LogP contribution in [0.1, 0.15) is 17.5 Å². The zero-order valence-corrected chi connectivity index (χ0v) is 18.7. The Balaban J connectivity index is 1.30. The topological polar surface area (TPSA) is 37.7 Å². The fourth-order valence-corrected chi connectivity index (χ4v) is 4.03. The predicted molar refractivity (Wildman–Crippen MR) is 126 cm³/mol. The molecule has 0 aliphatic carbocycles. The minimum atomic E-state index is -0.278. The molecule has 1 atom stereocenters. The highest BCUT2D eigenvalue weighted by atomic mass is 19.1. The maximum Gasteiger partial charge on any atom is 0.254 e. The first kappa shape index (κ1) is 22.1. The molecule has 0 bridgehead atoms. The van der Waals surface area contributed by atoms with E-state index in [1.165, 1.54) is 35.9 Å². The lowest BCUT2D eigenvalue weighted by atomic mass is 10.1. The Labute approximate surface area is 188 Å². The molecule has 1 fully saturated rings. The van der Waals surface area contributed by atoms with Crippen LogP contribution in [-0.2, 0) is 19.6 Å². The number of likely N-dealkylation sites (N-methyl/N-ethyl adjacent to an activating group) is 1. The van der Waals surface area contributed by atoms with E-state index in [0.717, 1.165) is 25.1 Å². The summed E-state index contributed by atoms with van der Waals surface area (Å²) in [5.74, 6) is 0.238. The van der Waals surface area contributed by atoms with Crippen molar-refractivity contribution >= 4 is 5.69 Å². The first-order valence-electron chi connectivity index (χ1n) is 11.1. The Morgan fingerprint density at radius 1 is 1.03 bits per heavy atom. The van der Waals surface area contributed by atoms with Crippen LogP contribution >= 0.6 is 0 Å². The summed E-state index contributed by atoms with van der Waals surface area (Å²) in [6, 6.07) is 18.7. The largest absolute Gasteiger partial charge is 0.489 e. The lowest BCUT2D eigenvalue weighted by molar-refractivity contribution is 0.304. The molecule has 2 aromatic carbocycles. The maximum absolute atomic E-state index is 13.0. The van der Waals surface area contributed by atoms with E-state index in [0.29, 0.717) is 24.9 Å². The SMILES string of the molecule is CN(C)C1CCN(c2ccc(CCn3ccc(OCc4ccc(F)cc4)cc3=O)cc2)C1. The lowest BCUT2D eigenvalue weighted by Crippen LogP contribution is -2.31. The van der Waals surface area contributed by atoms with Crippen molar-refractivity contribution in [2.75, 3.05) is 32.1 Å². The zero-order valence-electron chi connectivity index (χ0n) is 18.7. The van der Waals surface area contributed by atoms with E-state index < -0.39 is 0 Å². The second-order valence-electron chi connectivity index (χ2n) is 8.58. The van der Waals surface area contributed by atoms with Gasteiger partial charge in [-0.3, -0.25) is 4.79 Å². The van der Waals surface area contributed by atoms with E-state index in [1.807, 2.05) is 0 Å². The predicted octanol–water partition coefficient (Wildman–Crippen LogP) is 3.95. The fraction of sp³-hybridized carbons (Fsp3) is 0.346. The molecule has 3 aromatic rings. The van der Waals surface area contributed by atoms with Crippen LogP contribution in [0, 0.1) is 5.82 Å². The molecule has 0 saturated carbocycles. The van der Waals surface area contributed by atoms with Crippen LogP contribution in [-0.4, -0.2) is 42.7 Å². The number of hydrogen-bond donors (Lipinski definition) is 0. The summed E-state index contributed by atoms with van der Waals surface area (Å²) >= 11 is 0. The summed E-state index contributed by atoms with van der Waals surface area (Å²) < 4.78 is 20.4. The number of aromatic nitrogens is 1. The van der Waals surface area contributed by atoms with E-state index in [4.69, 9.17) is 4.74 Å². The Morgan fingerprint density at radius 3 is 2.41 bits per heavy atom. The quantitative estimate of drug-likeness (QED) is 0.537. The van der Waals surface area contributed by atoms with E-state index in [1.54, 1.807) is 29.0 Å². The second-order valence-corrected chi connectivity index (χ2v) is 8.58. The Morgan fingerprint density at radius 2 is 1.75 bits per heavy atom. The molecule has 1 unspecified atom stereocenters. The van der Waals surface area contributed by atoms with Gasteiger partial charge in [0.1, 0.15) is 18.2 Å². The van der Waals surface area contributed by atoms with Gasteiger partial charge in [0.05, 0.1) is 0 Å². The molecular formula is C26H30FN3O2. The summed E-state index contributed by atoms with van der Waals surface area (Å²) in [7, 11) is 4.28. The third-order valence-electron chi connectivity index (χ3n) is 6.12. The van der Waals surface area contributed by atoms with Crippen LogP contribution < -0.4 is 15.2 Å². The van der Waals surface area contributed by atoms with Crippen molar-refractivity contribution in [3.05, 3.63) is 94.2 Å². The van der Waals surface area contributed by atoms with Crippen LogP contribution in [0.2, 0.25) is 0 Å². The Bertz CT molecular complexity index is 1080. The van der Waals surface area contributed by atoms with E-state index in [9.17, 15) is 9.18 Å². The first-order valence-corrected chi connectivity index (χ1v) is 11.1. The van der Waals surface area contributed by atoms with Crippen molar-refractivity contribution in [1.82, 2.24) is 9.47 Å². The monoisotopic (exact) mass is 435 g/mol. The molecule has 1 saturated heterocycles. The highest BCUT2D eigenvalue weighted by Gasteiger charge is 2.23. The van der Waals surface area contributed by atoms with Crippen molar-refractivity contribution in [3.8, 4) is 5.75 Å². The summed E-state index contributed by atoms with van der Waals surface area (Å²) in [6.45, 7) is 3.07. The molecule has 0 N–H and O–H groups in total. The van der Waals surface area contributed by atoms with Crippen LogP contribution in [0.15, 0.2) is 71.7 Å². The molecule has 168 valence electrons. The van der Waals surface area contributed by atoms with Crippen molar-refractivity contribution < 1.29 is 9.13 Å². The number of halogens is 1. The van der Waals surface area contributed by atoms with E-state index >= 15 is 0 Å². The number of hydrogen-bond acceptors (Lipinski definition) is 4. The van der Waals surface area contributed by atoms with E-state index in [2.05, 4.69) is 48.2 Å². The summed E-state index contributed by atoms with van der Waals surface area (Å²) in [5, 5.41) is 0. The van der Waals surface area contributed by atoms with Crippen LogP contribution in [0.25, 0.3) is 0 Å². The van der Waals surface area contributed by atoms with Crippen LogP contribution in [0.4, 0.5) is 10.1 Å². The highest BCUT2D eigenvalue weighted by molar-refractivity contribution is 5.48. The zero-order chi connectivity index (χ0) is 22.5. The molecular weight excluding hydrogens is 405 g/mol. The number of ether oxygens (including phenoxy) is 1. The molecule has 5 nitrogen and oxygen atoms in total. The van der Waals surface area contributed by atoms with Gasteiger partial charge in [-0.2, -0.15) is 0 Å². The molecule has 1 aromatic heterocycles. The molecule has 2 heterocycles. The Hall–Kier alpha value is -3.12. The maximum atomic E-state index is 13.0. The van der Waals surface area contributed by atoms with Crippen LogP contribution in [0.5, 0.6) is 5.75 Å². The fourth-order valence-electron chi connectivity index (χ4n) is 4.03. The molecule has 6 heteroatoms. The average molecular weight is 436 g/mol. The number of rotatable bonds is 8. The standard InChI is InChI=1S/C26H30FN3O2/c1-28(2)24-12-15-30(18-24)23-9-5-20(6-10-23)11-14-29-16-13-25(17-26(29)31)32-19-21-3-7-22(27)8-4-21/h3-10,13,16-17,24H,11-12,14-15,18-19H2,1-2H3.